The topological polar surface area (TPSA) is 43.6 Å². The molecule has 0 atom stereocenters. The Hall–Kier alpha value is -2.92. The molecule has 0 amide bonds. The largest absolute Gasteiger partial charge is 0.494 e. The lowest BCUT2D eigenvalue weighted by molar-refractivity contribution is 0.111. The minimum Gasteiger partial charge on any atom is -0.494 e. The van der Waals surface area contributed by atoms with Gasteiger partial charge in [-0.15, -0.1) is 11.3 Å². The van der Waals surface area contributed by atoms with Gasteiger partial charge in [0.05, 0.1) is 12.3 Å². The summed E-state index contributed by atoms with van der Waals surface area (Å²) in [6.07, 6.45) is 0.885. The van der Waals surface area contributed by atoms with Crippen molar-refractivity contribution in [3.63, 3.8) is 0 Å². The highest BCUT2D eigenvalue weighted by Gasteiger charge is 2.18. The number of aryl methyl sites for hydroxylation is 1. The Bertz CT molecular complexity index is 1060. The SMILES string of the molecule is CCOc1ccc(-c2nc3scc(-c4ccc(C)cc4)n3c2C=O)cc1. The molecule has 0 saturated heterocycles. The Labute approximate surface area is 155 Å². The summed E-state index contributed by atoms with van der Waals surface area (Å²) in [4.78, 5) is 17.4. The second-order valence-corrected chi connectivity index (χ2v) is 6.86. The van der Waals surface area contributed by atoms with Crippen LogP contribution in [0.1, 0.15) is 23.0 Å². The lowest BCUT2D eigenvalue weighted by Crippen LogP contribution is -1.95. The fourth-order valence-corrected chi connectivity index (χ4v) is 3.91. The van der Waals surface area contributed by atoms with Gasteiger partial charge < -0.3 is 4.74 Å². The van der Waals surface area contributed by atoms with E-state index in [0.717, 1.165) is 33.8 Å². The number of ether oxygens (including phenoxy) is 1. The highest BCUT2D eigenvalue weighted by molar-refractivity contribution is 7.15. The van der Waals surface area contributed by atoms with E-state index in [1.165, 1.54) is 16.9 Å². The normalized spacial score (nSPS) is 11.0. The Balaban J connectivity index is 1.84. The summed E-state index contributed by atoms with van der Waals surface area (Å²) in [5.41, 5.74) is 5.43. The minimum atomic E-state index is 0.570. The first-order chi connectivity index (χ1) is 12.7. The second kappa shape index (κ2) is 6.77. The Morgan fingerprint density at radius 1 is 1.08 bits per heavy atom. The summed E-state index contributed by atoms with van der Waals surface area (Å²) >= 11 is 1.54. The fraction of sp³-hybridized carbons (Fsp3) is 0.143. The molecule has 2 heterocycles. The first-order valence-electron chi connectivity index (χ1n) is 8.46. The molecule has 0 spiro atoms. The number of benzene rings is 2. The number of carbonyl (C=O) groups excluding carboxylic acids is 1. The smallest absolute Gasteiger partial charge is 0.195 e. The van der Waals surface area contributed by atoms with Crippen LogP contribution in [0.15, 0.2) is 53.9 Å². The van der Waals surface area contributed by atoms with Gasteiger partial charge in [0, 0.05) is 10.9 Å². The highest BCUT2D eigenvalue weighted by Crippen LogP contribution is 2.32. The zero-order valence-corrected chi connectivity index (χ0v) is 15.4. The molecule has 4 aromatic rings. The van der Waals surface area contributed by atoms with Crippen LogP contribution in [0.5, 0.6) is 5.75 Å². The van der Waals surface area contributed by atoms with Crippen LogP contribution < -0.4 is 4.74 Å². The molecule has 5 heteroatoms. The van der Waals surface area contributed by atoms with Crippen molar-refractivity contribution in [3.05, 3.63) is 65.2 Å². The van der Waals surface area contributed by atoms with E-state index in [4.69, 9.17) is 9.72 Å². The van der Waals surface area contributed by atoms with Crippen molar-refractivity contribution in [2.24, 2.45) is 0 Å². The minimum absolute atomic E-state index is 0.570. The first kappa shape index (κ1) is 16.5. The molecular formula is C21H18N2O2S. The predicted octanol–water partition coefficient (Wildman–Crippen LogP) is 5.25. The average molecular weight is 362 g/mol. The van der Waals surface area contributed by atoms with Crippen molar-refractivity contribution in [2.45, 2.75) is 13.8 Å². The Kier molecular flexibility index (Phi) is 4.31. The quantitative estimate of drug-likeness (QED) is 0.456. The van der Waals surface area contributed by atoms with Gasteiger partial charge in [-0.25, -0.2) is 4.98 Å². The number of hydrogen-bond acceptors (Lipinski definition) is 4. The van der Waals surface area contributed by atoms with Crippen LogP contribution in [0.2, 0.25) is 0 Å². The Morgan fingerprint density at radius 2 is 1.77 bits per heavy atom. The molecule has 0 aliphatic heterocycles. The van der Waals surface area contributed by atoms with E-state index in [-0.39, 0.29) is 0 Å². The van der Waals surface area contributed by atoms with Crippen LogP contribution in [-0.2, 0) is 0 Å². The molecule has 0 radical (unpaired) electrons. The molecule has 4 nitrogen and oxygen atoms in total. The molecule has 4 rings (SSSR count). The van der Waals surface area contributed by atoms with Crippen LogP contribution >= 0.6 is 11.3 Å². The number of rotatable bonds is 5. The zero-order chi connectivity index (χ0) is 18.1. The van der Waals surface area contributed by atoms with E-state index in [9.17, 15) is 4.79 Å². The van der Waals surface area contributed by atoms with Crippen LogP contribution in [0.3, 0.4) is 0 Å². The van der Waals surface area contributed by atoms with Crippen molar-refractivity contribution in [3.8, 4) is 28.3 Å². The predicted molar refractivity (Wildman–Crippen MR) is 105 cm³/mol. The van der Waals surface area contributed by atoms with Gasteiger partial charge >= 0.3 is 0 Å². The van der Waals surface area contributed by atoms with E-state index in [0.29, 0.717) is 18.0 Å². The van der Waals surface area contributed by atoms with Gasteiger partial charge in [-0.1, -0.05) is 29.8 Å². The summed E-state index contributed by atoms with van der Waals surface area (Å²) < 4.78 is 7.43. The van der Waals surface area contributed by atoms with Gasteiger partial charge in [-0.05, 0) is 43.7 Å². The molecule has 2 aromatic carbocycles. The van der Waals surface area contributed by atoms with Crippen LogP contribution in [0.4, 0.5) is 0 Å². The summed E-state index contributed by atoms with van der Waals surface area (Å²) in [5.74, 6) is 0.810. The van der Waals surface area contributed by atoms with Crippen molar-refractivity contribution in [1.82, 2.24) is 9.38 Å². The number of aldehydes is 1. The molecule has 0 bridgehead atoms. The highest BCUT2D eigenvalue weighted by atomic mass is 32.1. The van der Waals surface area contributed by atoms with Crippen molar-refractivity contribution in [1.29, 1.82) is 0 Å². The van der Waals surface area contributed by atoms with Crippen LogP contribution in [-0.4, -0.2) is 22.3 Å². The number of fused-ring (bicyclic) bond motifs is 1. The molecule has 0 aliphatic carbocycles. The van der Waals surface area contributed by atoms with Crippen LogP contribution in [0, 0.1) is 6.92 Å². The van der Waals surface area contributed by atoms with E-state index in [1.807, 2.05) is 41.0 Å². The van der Waals surface area contributed by atoms with Gasteiger partial charge in [-0.2, -0.15) is 0 Å². The van der Waals surface area contributed by atoms with E-state index in [1.54, 1.807) is 0 Å². The molecular weight excluding hydrogens is 344 g/mol. The fourth-order valence-electron chi connectivity index (χ4n) is 3.00. The third kappa shape index (κ3) is 2.80. The maximum atomic E-state index is 11.9. The van der Waals surface area contributed by atoms with Gasteiger partial charge in [0.15, 0.2) is 11.2 Å². The number of aromatic nitrogens is 2. The summed E-state index contributed by atoms with van der Waals surface area (Å²) in [6, 6.07) is 16.0. The summed E-state index contributed by atoms with van der Waals surface area (Å²) in [7, 11) is 0. The molecule has 0 unspecified atom stereocenters. The standard InChI is InChI=1S/C21H18N2O2S/c1-3-25-17-10-8-16(9-11-17)20-18(12-24)23-19(13-26-21(23)22-20)15-6-4-14(2)5-7-15/h4-13H,3H2,1-2H3. The lowest BCUT2D eigenvalue weighted by Gasteiger charge is -2.05. The van der Waals surface area contributed by atoms with Gasteiger partial charge in [0.1, 0.15) is 17.1 Å². The van der Waals surface area contributed by atoms with Gasteiger partial charge in [0.2, 0.25) is 0 Å². The van der Waals surface area contributed by atoms with E-state index in [2.05, 4.69) is 31.2 Å². The van der Waals surface area contributed by atoms with Crippen molar-refractivity contribution >= 4 is 22.6 Å². The molecule has 0 fully saturated rings. The van der Waals surface area contributed by atoms with Crippen molar-refractivity contribution < 1.29 is 9.53 Å². The zero-order valence-electron chi connectivity index (χ0n) is 14.6. The first-order valence-corrected chi connectivity index (χ1v) is 9.34. The van der Waals surface area contributed by atoms with E-state index < -0.39 is 0 Å². The van der Waals surface area contributed by atoms with E-state index >= 15 is 0 Å². The maximum absolute atomic E-state index is 11.9. The number of hydrogen-bond donors (Lipinski definition) is 0. The maximum Gasteiger partial charge on any atom is 0.195 e. The third-order valence-corrected chi connectivity index (χ3v) is 5.12. The third-order valence-electron chi connectivity index (χ3n) is 4.30. The summed E-state index contributed by atoms with van der Waals surface area (Å²) in [5, 5.41) is 2.04. The lowest BCUT2D eigenvalue weighted by atomic mass is 10.1. The number of carbonyl (C=O) groups is 1. The van der Waals surface area contributed by atoms with Crippen LogP contribution in [0.25, 0.3) is 27.5 Å². The molecule has 0 N–H and O–H groups in total. The van der Waals surface area contributed by atoms with Gasteiger partial charge in [-0.3, -0.25) is 9.20 Å². The van der Waals surface area contributed by atoms with Crippen molar-refractivity contribution in [2.75, 3.05) is 6.61 Å². The monoisotopic (exact) mass is 362 g/mol. The molecule has 0 aliphatic rings. The number of imidazole rings is 1. The molecule has 26 heavy (non-hydrogen) atoms. The Morgan fingerprint density at radius 3 is 2.42 bits per heavy atom. The second-order valence-electron chi connectivity index (χ2n) is 6.03. The number of nitrogens with zero attached hydrogens (tertiary/aromatic N) is 2. The molecule has 0 saturated carbocycles. The summed E-state index contributed by atoms with van der Waals surface area (Å²) in [6.45, 7) is 4.64. The average Bonchev–Trinajstić information content (AvgIpc) is 3.22. The molecule has 130 valence electrons. The number of thiazole rings is 1. The molecule has 2 aromatic heterocycles. The van der Waals surface area contributed by atoms with Gasteiger partial charge in [0.25, 0.3) is 0 Å².